The van der Waals surface area contributed by atoms with Crippen LogP contribution in [0.15, 0.2) is 18.2 Å². The van der Waals surface area contributed by atoms with Crippen LogP contribution in [0.2, 0.25) is 0 Å². The molecule has 0 spiro atoms. The molecule has 0 heterocycles. The summed E-state index contributed by atoms with van der Waals surface area (Å²) < 4.78 is 0. The maximum Gasteiger partial charge on any atom is -0.0139 e. The quantitative estimate of drug-likeness (QED) is 0.660. The van der Waals surface area contributed by atoms with Gasteiger partial charge in [-0.2, -0.15) is 0 Å². The van der Waals surface area contributed by atoms with Crippen molar-refractivity contribution in [1.82, 2.24) is 0 Å². The molecule has 0 amide bonds. The van der Waals surface area contributed by atoms with Crippen LogP contribution in [0.25, 0.3) is 0 Å². The lowest BCUT2D eigenvalue weighted by Crippen LogP contribution is -2.07. The Labute approximate surface area is 88.4 Å². The first-order valence-corrected chi connectivity index (χ1v) is 5.63. The number of rotatable bonds is 3. The van der Waals surface area contributed by atoms with Gasteiger partial charge in [0, 0.05) is 0 Å². The van der Waals surface area contributed by atoms with E-state index >= 15 is 0 Å². The maximum atomic E-state index is 2.35. The summed E-state index contributed by atoms with van der Waals surface area (Å²) in [5, 5.41) is 0. The molecule has 1 rings (SSSR count). The van der Waals surface area contributed by atoms with Crippen molar-refractivity contribution in [3.8, 4) is 0 Å². The second kappa shape index (κ2) is 4.63. The van der Waals surface area contributed by atoms with Crippen LogP contribution in [-0.2, 0) is 0 Å². The number of benzene rings is 1. The fourth-order valence-electron chi connectivity index (χ4n) is 2.21. The molecule has 0 saturated carbocycles. The van der Waals surface area contributed by atoms with E-state index in [0.29, 0.717) is 0 Å². The van der Waals surface area contributed by atoms with Gasteiger partial charge in [0.05, 0.1) is 0 Å². The van der Waals surface area contributed by atoms with E-state index in [0.717, 1.165) is 11.8 Å². The third-order valence-corrected chi connectivity index (χ3v) is 3.08. The lowest BCUT2D eigenvalue weighted by Gasteiger charge is -2.22. The molecular formula is C14H22. The molecule has 0 unspecified atom stereocenters. The summed E-state index contributed by atoms with van der Waals surface area (Å²) >= 11 is 0. The highest BCUT2D eigenvalue weighted by Gasteiger charge is 2.15. The van der Waals surface area contributed by atoms with Gasteiger partial charge >= 0.3 is 0 Å². The van der Waals surface area contributed by atoms with Crippen molar-refractivity contribution in [2.45, 2.75) is 47.0 Å². The molecule has 0 radical (unpaired) electrons. The van der Waals surface area contributed by atoms with Crippen molar-refractivity contribution in [2.75, 3.05) is 0 Å². The molecule has 0 saturated heterocycles. The average Bonchev–Trinajstić information content (AvgIpc) is 2.11. The topological polar surface area (TPSA) is 0 Å². The molecule has 14 heavy (non-hydrogen) atoms. The Bertz CT molecular complexity index is 297. The molecule has 0 fully saturated rings. The minimum absolute atomic E-state index is 0.717. The highest BCUT2D eigenvalue weighted by atomic mass is 14.2. The van der Waals surface area contributed by atoms with Crippen molar-refractivity contribution >= 4 is 0 Å². The summed E-state index contributed by atoms with van der Waals surface area (Å²) in [6, 6.07) is 6.80. The third kappa shape index (κ3) is 2.37. The predicted octanol–water partition coefficient (Wildman–Crippen LogP) is 4.45. The smallest absolute Gasteiger partial charge is 0.0139 e. The van der Waals surface area contributed by atoms with Gasteiger partial charge in [-0.05, 0) is 43.2 Å². The summed E-state index contributed by atoms with van der Waals surface area (Å²) in [6.45, 7) is 11.3. The monoisotopic (exact) mass is 190 g/mol. The Morgan fingerprint density at radius 1 is 1.14 bits per heavy atom. The van der Waals surface area contributed by atoms with E-state index in [1.165, 1.54) is 17.5 Å². The predicted molar refractivity (Wildman–Crippen MR) is 63.8 cm³/mol. The lowest BCUT2D eigenvalue weighted by molar-refractivity contribution is 0.483. The Morgan fingerprint density at radius 3 is 2.29 bits per heavy atom. The minimum Gasteiger partial charge on any atom is -0.0648 e. The highest BCUT2D eigenvalue weighted by molar-refractivity contribution is 5.33. The molecule has 0 aromatic heterocycles. The molecule has 78 valence electrons. The van der Waals surface area contributed by atoms with E-state index in [9.17, 15) is 0 Å². The molecule has 1 aromatic carbocycles. The fraction of sp³-hybridized carbons (Fsp3) is 0.571. The van der Waals surface area contributed by atoms with Gasteiger partial charge in [0.1, 0.15) is 0 Å². The van der Waals surface area contributed by atoms with Gasteiger partial charge in [-0.15, -0.1) is 0 Å². The Morgan fingerprint density at radius 2 is 1.79 bits per heavy atom. The normalized spacial score (nSPS) is 13.3. The van der Waals surface area contributed by atoms with E-state index in [1.807, 2.05) is 0 Å². The first-order chi connectivity index (χ1) is 6.56. The van der Waals surface area contributed by atoms with Crippen molar-refractivity contribution in [3.05, 3.63) is 34.9 Å². The second-order valence-electron chi connectivity index (χ2n) is 4.62. The highest BCUT2D eigenvalue weighted by Crippen LogP contribution is 2.30. The lowest BCUT2D eigenvalue weighted by atomic mass is 9.83. The van der Waals surface area contributed by atoms with Gasteiger partial charge in [0.2, 0.25) is 0 Å². The first kappa shape index (κ1) is 11.3. The van der Waals surface area contributed by atoms with E-state index in [1.54, 1.807) is 5.56 Å². The van der Waals surface area contributed by atoms with Crippen molar-refractivity contribution in [1.29, 1.82) is 0 Å². The molecule has 1 aromatic rings. The Hall–Kier alpha value is -0.780. The molecule has 0 aliphatic heterocycles. The molecule has 0 heteroatoms. The third-order valence-electron chi connectivity index (χ3n) is 3.08. The van der Waals surface area contributed by atoms with Gasteiger partial charge in [0.15, 0.2) is 0 Å². The minimum atomic E-state index is 0.717. The van der Waals surface area contributed by atoms with Crippen molar-refractivity contribution in [3.63, 3.8) is 0 Å². The van der Waals surface area contributed by atoms with Gasteiger partial charge in [-0.25, -0.2) is 0 Å². The maximum absolute atomic E-state index is 2.35. The molecule has 1 atom stereocenters. The van der Waals surface area contributed by atoms with E-state index in [4.69, 9.17) is 0 Å². The van der Waals surface area contributed by atoms with E-state index in [-0.39, 0.29) is 0 Å². The Kier molecular flexibility index (Phi) is 3.74. The molecule has 0 nitrogen and oxygen atoms in total. The fourth-order valence-corrected chi connectivity index (χ4v) is 2.21. The van der Waals surface area contributed by atoms with Crippen LogP contribution in [0.3, 0.4) is 0 Å². The zero-order chi connectivity index (χ0) is 10.7. The van der Waals surface area contributed by atoms with Crippen LogP contribution in [0.1, 0.15) is 49.8 Å². The molecule has 0 aliphatic carbocycles. The van der Waals surface area contributed by atoms with Crippen LogP contribution in [0.4, 0.5) is 0 Å². The standard InChI is InChI=1S/C14H22/c1-6-13(10(2)3)14-9-11(4)7-8-12(14)5/h7-10,13H,6H2,1-5H3/t13-/m1/s1. The zero-order valence-corrected chi connectivity index (χ0v) is 10.1. The number of aryl methyl sites for hydroxylation is 2. The van der Waals surface area contributed by atoms with Crippen molar-refractivity contribution < 1.29 is 0 Å². The summed E-state index contributed by atoms with van der Waals surface area (Å²) in [7, 11) is 0. The summed E-state index contributed by atoms with van der Waals surface area (Å²) in [5.74, 6) is 1.45. The van der Waals surface area contributed by atoms with Crippen LogP contribution in [-0.4, -0.2) is 0 Å². The second-order valence-corrected chi connectivity index (χ2v) is 4.62. The average molecular weight is 190 g/mol. The van der Waals surface area contributed by atoms with Gasteiger partial charge in [-0.3, -0.25) is 0 Å². The Balaban J connectivity index is 3.08. The van der Waals surface area contributed by atoms with Crippen LogP contribution >= 0.6 is 0 Å². The molecule has 0 bridgehead atoms. The van der Waals surface area contributed by atoms with Gasteiger partial charge in [0.25, 0.3) is 0 Å². The number of hydrogen-bond donors (Lipinski definition) is 0. The van der Waals surface area contributed by atoms with Crippen LogP contribution < -0.4 is 0 Å². The largest absolute Gasteiger partial charge is 0.0648 e. The molecular weight excluding hydrogens is 168 g/mol. The van der Waals surface area contributed by atoms with E-state index < -0.39 is 0 Å². The van der Waals surface area contributed by atoms with E-state index in [2.05, 4.69) is 52.8 Å². The van der Waals surface area contributed by atoms with Crippen LogP contribution in [0, 0.1) is 19.8 Å². The molecule has 0 N–H and O–H groups in total. The van der Waals surface area contributed by atoms with Gasteiger partial charge < -0.3 is 0 Å². The van der Waals surface area contributed by atoms with Gasteiger partial charge in [-0.1, -0.05) is 44.5 Å². The summed E-state index contributed by atoms with van der Waals surface area (Å²) in [5.41, 5.74) is 4.36. The summed E-state index contributed by atoms with van der Waals surface area (Å²) in [4.78, 5) is 0. The number of hydrogen-bond acceptors (Lipinski definition) is 0. The van der Waals surface area contributed by atoms with Crippen LogP contribution in [0.5, 0.6) is 0 Å². The SMILES string of the molecule is CC[C@@H](c1cc(C)ccc1C)C(C)C. The first-order valence-electron chi connectivity index (χ1n) is 5.63. The molecule has 0 aliphatic rings. The zero-order valence-electron chi connectivity index (χ0n) is 10.1. The summed E-state index contributed by atoms with van der Waals surface area (Å²) in [6.07, 6.45) is 1.24. The van der Waals surface area contributed by atoms with Crippen molar-refractivity contribution in [2.24, 2.45) is 5.92 Å².